The quantitative estimate of drug-likeness (QED) is 0.0189. The fourth-order valence-corrected chi connectivity index (χ4v) is 6.52. The smallest absolute Gasteiger partial charge is 0.431 e. The molecule has 22 nitrogen and oxygen atoms in total. The van der Waals surface area contributed by atoms with Crippen molar-refractivity contribution >= 4 is 47.7 Å². The molecule has 0 aromatic heterocycles. The lowest BCUT2D eigenvalue weighted by molar-refractivity contribution is -0.197. The summed E-state index contributed by atoms with van der Waals surface area (Å²) in [5.41, 5.74) is 8.64. The fourth-order valence-electron chi connectivity index (χ4n) is 6.52. The van der Waals surface area contributed by atoms with Crippen LogP contribution in [0.2, 0.25) is 0 Å². The van der Waals surface area contributed by atoms with Crippen LogP contribution in [-0.2, 0) is 62.2 Å². The van der Waals surface area contributed by atoms with Crippen LogP contribution in [0.15, 0.2) is 0 Å². The third kappa shape index (κ3) is 53.4. The molecule has 1 fully saturated rings. The third-order valence-corrected chi connectivity index (χ3v) is 11.4. The molecule has 1 rings (SSSR count). The Morgan fingerprint density at radius 3 is 1.23 bits per heavy atom. The van der Waals surface area contributed by atoms with Gasteiger partial charge < -0.3 is 45.5 Å². The summed E-state index contributed by atoms with van der Waals surface area (Å²) >= 11 is 0. The van der Waals surface area contributed by atoms with Gasteiger partial charge in [0.15, 0.2) is 0 Å². The average Bonchev–Trinajstić information content (AvgIpc) is 3.68. The van der Waals surface area contributed by atoms with Crippen molar-refractivity contribution in [1.82, 2.24) is 32.0 Å². The molecule has 0 aliphatic carbocycles. The maximum Gasteiger partial charge on any atom is 0.431 e. The number of hydroxylamine groups is 4. The Morgan fingerprint density at radius 2 is 0.846 bits per heavy atom. The van der Waals surface area contributed by atoms with Crippen LogP contribution in [0.5, 0.6) is 0 Å². The highest BCUT2D eigenvalue weighted by molar-refractivity contribution is 6.01. The minimum absolute atomic E-state index is 0.00544. The lowest BCUT2D eigenvalue weighted by Crippen LogP contribution is -2.32. The molecule has 0 bridgehead atoms. The molecule has 0 spiro atoms. The molecule has 1 aliphatic rings. The maximum absolute atomic E-state index is 11.9. The Hall–Kier alpha value is -4.64. The molecule has 1 heterocycles. The van der Waals surface area contributed by atoms with Crippen LogP contribution in [0.4, 0.5) is 9.59 Å². The van der Waals surface area contributed by atoms with Gasteiger partial charge in [-0.3, -0.25) is 33.6 Å². The van der Waals surface area contributed by atoms with Crippen LogP contribution in [-0.4, -0.2) is 130 Å². The first-order valence-electron chi connectivity index (χ1n) is 29.0. The normalized spacial score (nSPS) is 13.0. The number of amides is 7. The number of rotatable bonds is 42. The summed E-state index contributed by atoms with van der Waals surface area (Å²) in [5.74, 6) is -0.563. The van der Waals surface area contributed by atoms with Crippen molar-refractivity contribution in [2.24, 2.45) is 17.6 Å². The first-order valence-corrected chi connectivity index (χ1v) is 29.0. The molecule has 0 radical (unpaired) electrons. The first-order chi connectivity index (χ1) is 37.0. The lowest BCUT2D eigenvalue weighted by Gasteiger charge is -2.19. The topological polar surface area (TPSA) is 291 Å². The van der Waals surface area contributed by atoms with Crippen molar-refractivity contribution in [2.75, 3.05) is 65.8 Å². The van der Waals surface area contributed by atoms with E-state index in [9.17, 15) is 38.4 Å². The fraction of sp³-hybridized carbons (Fsp3) is 0.857. The molecule has 0 saturated carbocycles. The predicted octanol–water partition coefficient (Wildman–Crippen LogP) is 8.71. The van der Waals surface area contributed by atoms with Crippen LogP contribution in [0.3, 0.4) is 0 Å². The van der Waals surface area contributed by atoms with E-state index in [2.05, 4.69) is 54.6 Å². The van der Waals surface area contributed by atoms with Crippen molar-refractivity contribution in [3.63, 3.8) is 0 Å². The number of nitrogens with one attached hydrogen (secondary N) is 5. The minimum Gasteiger partial charge on any atom is -0.442 e. The van der Waals surface area contributed by atoms with Gasteiger partial charge in [0.05, 0.1) is 13.2 Å². The van der Waals surface area contributed by atoms with Crippen LogP contribution in [0.25, 0.3) is 0 Å². The van der Waals surface area contributed by atoms with Crippen LogP contribution in [0, 0.1) is 11.8 Å². The second-order valence-electron chi connectivity index (χ2n) is 21.6. The number of carbonyl (C=O) groups is 8. The van der Waals surface area contributed by atoms with Gasteiger partial charge in [-0.2, -0.15) is 11.0 Å². The molecule has 1 aliphatic heterocycles. The predicted molar refractivity (Wildman–Crippen MR) is 299 cm³/mol. The van der Waals surface area contributed by atoms with Crippen molar-refractivity contribution in [3.8, 4) is 0 Å². The third-order valence-electron chi connectivity index (χ3n) is 11.4. The zero-order valence-corrected chi connectivity index (χ0v) is 49.8. The van der Waals surface area contributed by atoms with E-state index in [1.165, 1.54) is 6.42 Å². The van der Waals surface area contributed by atoms with E-state index in [4.69, 9.17) is 39.2 Å². The molecule has 2 unspecified atom stereocenters. The van der Waals surface area contributed by atoms with Crippen LogP contribution >= 0.6 is 0 Å². The average molecular weight is 1120 g/mol. The van der Waals surface area contributed by atoms with Crippen molar-refractivity contribution in [2.45, 2.75) is 235 Å². The Morgan fingerprint density at radius 1 is 0.500 bits per heavy atom. The number of unbranched alkanes of at least 4 members (excludes halogenated alkanes) is 10. The summed E-state index contributed by atoms with van der Waals surface area (Å²) in [6, 6.07) is 0. The number of hydrogen-bond acceptors (Lipinski definition) is 16. The van der Waals surface area contributed by atoms with Crippen molar-refractivity contribution in [3.05, 3.63) is 0 Å². The van der Waals surface area contributed by atoms with Gasteiger partial charge in [0.25, 0.3) is 11.8 Å². The summed E-state index contributed by atoms with van der Waals surface area (Å²) in [5, 5.41) is 9.13. The highest BCUT2D eigenvalue weighted by atomic mass is 16.7. The highest BCUT2D eigenvalue weighted by Crippen LogP contribution is 2.14. The lowest BCUT2D eigenvalue weighted by atomic mass is 10.1. The molecule has 7 amide bonds. The zero-order chi connectivity index (χ0) is 58.9. The Labute approximate surface area is 468 Å². The van der Waals surface area contributed by atoms with Crippen molar-refractivity contribution in [1.29, 1.82) is 0 Å². The molecular weight excluding hydrogens is 1010 g/mol. The molecule has 7 N–H and O–H groups in total. The molecule has 22 heteroatoms. The monoisotopic (exact) mass is 1120 g/mol. The number of ether oxygens (including phenoxy) is 4. The van der Waals surface area contributed by atoms with E-state index in [0.717, 1.165) is 116 Å². The summed E-state index contributed by atoms with van der Waals surface area (Å²) in [6.45, 7) is 26.1. The molecule has 0 aromatic carbocycles. The van der Waals surface area contributed by atoms with Gasteiger partial charge in [0, 0.05) is 84.6 Å². The van der Waals surface area contributed by atoms with Gasteiger partial charge in [0.1, 0.15) is 11.2 Å². The van der Waals surface area contributed by atoms with E-state index < -0.39 is 41.2 Å². The number of hydrogen-bond donors (Lipinski definition) is 6. The molecule has 78 heavy (non-hydrogen) atoms. The van der Waals surface area contributed by atoms with Gasteiger partial charge in [-0.15, -0.1) is 5.06 Å². The van der Waals surface area contributed by atoms with Gasteiger partial charge >= 0.3 is 18.2 Å². The summed E-state index contributed by atoms with van der Waals surface area (Å²) in [4.78, 5) is 107. The largest absolute Gasteiger partial charge is 0.442 e. The van der Waals surface area contributed by atoms with Crippen LogP contribution < -0.4 is 32.6 Å². The van der Waals surface area contributed by atoms with Crippen LogP contribution in [0.1, 0.15) is 223 Å². The van der Waals surface area contributed by atoms with Crippen molar-refractivity contribution < 1.29 is 71.8 Å². The minimum atomic E-state index is -0.672. The molecule has 1 saturated heterocycles. The standard InChI is InChI=1S/C26H51N3O6.C21H36N2O6.C9H20N2O3/c1-6-22(2)21-33-19-12-9-7-8-10-17-27-23(30)15-14-16-24(31)28-18-11-13-20-34-29-25(32)35-26(3,4)5;1-3-17(2)16-28-15-8-6-4-5-7-14-22-18(24)10-9-11-21(27)29-23-19(25)12-13-20(23)26;1-9(2,3)14-8(12)11-13-7-5-4-6-10/h22H,6-21H2,1-5H3,(H,27,30)(H,28,31)(H,29,32);17H,3-16H2,1-2H3,(H,22,24);4-7,10H2,1-3H3,(H,11,12). The molecular formula is C56H107N7O15. The second kappa shape index (κ2) is 49.4. The summed E-state index contributed by atoms with van der Waals surface area (Å²) < 4.78 is 21.3. The SMILES string of the molecule is CC(C)(C)OC(=O)NOCCCCN.CCC(C)COCCCCCCCNC(=O)CCCC(=O)NCCCCONC(=O)OC(C)(C)C.CCC(C)COCCCCCCCNC(=O)CCCC(=O)ON1C(=O)CCC1=O. The van der Waals surface area contributed by atoms with E-state index in [0.29, 0.717) is 88.4 Å². The van der Waals surface area contributed by atoms with Gasteiger partial charge in [0.2, 0.25) is 17.7 Å². The molecule has 0 aromatic rings. The van der Waals surface area contributed by atoms with E-state index in [-0.39, 0.29) is 43.4 Å². The first kappa shape index (κ1) is 75.4. The number of carbonyl (C=O) groups excluding carboxylic acids is 8. The van der Waals surface area contributed by atoms with Gasteiger partial charge in [-0.05, 0) is 124 Å². The van der Waals surface area contributed by atoms with Gasteiger partial charge in [-0.1, -0.05) is 79.1 Å². The number of nitrogens with two attached hydrogens (primary N) is 1. The highest BCUT2D eigenvalue weighted by Gasteiger charge is 2.32. The van der Waals surface area contributed by atoms with E-state index >= 15 is 0 Å². The van der Waals surface area contributed by atoms with E-state index in [1.807, 2.05) is 0 Å². The Bertz CT molecular complexity index is 1590. The number of imide groups is 1. The van der Waals surface area contributed by atoms with Gasteiger partial charge in [-0.25, -0.2) is 14.4 Å². The number of nitrogens with zero attached hydrogens (tertiary/aromatic N) is 1. The maximum atomic E-state index is 11.9. The Balaban J connectivity index is 0. The molecule has 456 valence electrons. The van der Waals surface area contributed by atoms with E-state index in [1.54, 1.807) is 41.5 Å². The Kier molecular flexibility index (Phi) is 47.8. The summed E-state index contributed by atoms with van der Waals surface area (Å²) in [6.07, 6.45) is 17.0. The molecule has 2 atom stereocenters. The second-order valence-corrected chi connectivity index (χ2v) is 21.6. The zero-order valence-electron chi connectivity index (χ0n) is 49.8. The summed E-state index contributed by atoms with van der Waals surface area (Å²) in [7, 11) is 0.